The zero-order valence-corrected chi connectivity index (χ0v) is 17.0. The first-order valence-corrected chi connectivity index (χ1v) is 10.2. The molecular weight excluding hydrogens is 387 g/mol. The zero-order chi connectivity index (χ0) is 19.3. The van der Waals surface area contributed by atoms with E-state index in [1.54, 1.807) is 13.0 Å². The minimum absolute atomic E-state index is 0.0387. The van der Waals surface area contributed by atoms with Crippen molar-refractivity contribution >= 4 is 40.5 Å². The first-order chi connectivity index (χ1) is 12.9. The highest BCUT2D eigenvalue weighted by Crippen LogP contribution is 2.66. The van der Waals surface area contributed by atoms with Crippen molar-refractivity contribution < 1.29 is 19.1 Å². The number of halogens is 2. The Morgan fingerprint density at radius 2 is 2.04 bits per heavy atom. The van der Waals surface area contributed by atoms with E-state index in [1.807, 2.05) is 6.07 Å². The Balaban J connectivity index is 1.74. The van der Waals surface area contributed by atoms with Crippen molar-refractivity contribution in [2.24, 2.45) is 17.3 Å². The van der Waals surface area contributed by atoms with Crippen LogP contribution < -0.4 is 4.74 Å². The number of hydrogen-bond acceptors (Lipinski definition) is 4. The maximum absolute atomic E-state index is 12.3. The molecule has 0 N–H and O–H groups in total. The van der Waals surface area contributed by atoms with Crippen molar-refractivity contribution in [1.29, 1.82) is 0 Å². The number of benzene rings is 1. The highest BCUT2D eigenvalue weighted by molar-refractivity contribution is 6.44. The minimum atomic E-state index is -0.449. The Morgan fingerprint density at radius 1 is 1.30 bits per heavy atom. The van der Waals surface area contributed by atoms with Gasteiger partial charge in [0.25, 0.3) is 0 Å². The van der Waals surface area contributed by atoms with Gasteiger partial charge >= 0.3 is 5.97 Å². The lowest BCUT2D eigenvalue weighted by Gasteiger charge is -2.40. The Labute approximate surface area is 168 Å². The highest BCUT2D eigenvalue weighted by atomic mass is 35.5. The number of hydrogen-bond donors (Lipinski definition) is 0. The Kier molecular flexibility index (Phi) is 4.76. The molecule has 1 aromatic carbocycles. The summed E-state index contributed by atoms with van der Waals surface area (Å²) in [5, 5.41) is 0.682. The molecule has 4 nitrogen and oxygen atoms in total. The van der Waals surface area contributed by atoms with Crippen LogP contribution in [-0.2, 0) is 20.7 Å². The lowest BCUT2D eigenvalue weighted by molar-refractivity contribution is -0.145. The quantitative estimate of drug-likeness (QED) is 0.651. The van der Waals surface area contributed by atoms with Crippen molar-refractivity contribution in [3.8, 4) is 5.75 Å². The van der Waals surface area contributed by atoms with E-state index in [-0.39, 0.29) is 28.7 Å². The number of fused-ring (bicyclic) bond motifs is 3. The molecule has 27 heavy (non-hydrogen) atoms. The average molecular weight is 409 g/mol. The van der Waals surface area contributed by atoms with E-state index in [1.165, 1.54) is 12.8 Å². The molecule has 1 fully saturated rings. The summed E-state index contributed by atoms with van der Waals surface area (Å²) in [7, 11) is 0. The molecule has 0 saturated heterocycles. The molecular formula is C21H22Cl2O4. The van der Waals surface area contributed by atoms with E-state index < -0.39 is 5.97 Å². The van der Waals surface area contributed by atoms with Gasteiger partial charge in [0.1, 0.15) is 10.8 Å². The number of esters is 1. The number of carbonyl (C=O) groups excluding carboxylic acids is 2. The van der Waals surface area contributed by atoms with Gasteiger partial charge in [0.05, 0.1) is 11.6 Å². The number of ketones is 1. The van der Waals surface area contributed by atoms with Crippen LogP contribution in [0, 0.1) is 17.3 Å². The summed E-state index contributed by atoms with van der Waals surface area (Å²) in [4.78, 5) is 23.9. The lowest BCUT2D eigenvalue weighted by atomic mass is 9.63. The topological polar surface area (TPSA) is 52.6 Å². The first-order valence-electron chi connectivity index (χ1n) is 9.43. The normalized spacial score (nSPS) is 26.3. The fourth-order valence-electron chi connectivity index (χ4n) is 4.89. The smallest absolute Gasteiger partial charge is 0.344 e. The van der Waals surface area contributed by atoms with Gasteiger partial charge in [-0.15, -0.1) is 0 Å². The molecule has 0 aliphatic heterocycles. The van der Waals surface area contributed by atoms with Crippen molar-refractivity contribution in [3.63, 3.8) is 0 Å². The van der Waals surface area contributed by atoms with Crippen LogP contribution in [-0.4, -0.2) is 25.0 Å². The molecule has 0 spiro atoms. The van der Waals surface area contributed by atoms with Crippen LogP contribution in [0.15, 0.2) is 12.1 Å². The molecule has 4 rings (SSSR count). The fourth-order valence-corrected chi connectivity index (χ4v) is 5.41. The second kappa shape index (κ2) is 6.82. The van der Waals surface area contributed by atoms with Crippen LogP contribution in [0.25, 0.3) is 5.57 Å². The third-order valence-electron chi connectivity index (χ3n) is 6.16. The van der Waals surface area contributed by atoms with E-state index in [0.29, 0.717) is 29.7 Å². The fraction of sp³-hybridized carbons (Fsp3) is 0.524. The molecule has 144 valence electrons. The standard InChI is InChI=1S/C21H22Cl2O4/c1-3-26-17(25)10-27-16-7-12-9-21(13-4-5-13)11(2)6-14(24)8-15(21)18(12)20(23)19(16)22/h7-8,11,13H,3-6,9-10H2,1-2H3. The zero-order valence-electron chi connectivity index (χ0n) is 15.4. The average Bonchev–Trinajstić information content (AvgIpc) is 3.40. The van der Waals surface area contributed by atoms with E-state index >= 15 is 0 Å². The predicted octanol–water partition coefficient (Wildman–Crippen LogP) is 4.88. The highest BCUT2D eigenvalue weighted by Gasteiger charge is 2.57. The third kappa shape index (κ3) is 2.98. The van der Waals surface area contributed by atoms with Gasteiger partial charge in [-0.25, -0.2) is 4.79 Å². The van der Waals surface area contributed by atoms with Crippen molar-refractivity contribution in [1.82, 2.24) is 0 Å². The Morgan fingerprint density at radius 3 is 2.70 bits per heavy atom. The van der Waals surface area contributed by atoms with Crippen molar-refractivity contribution in [2.75, 3.05) is 13.2 Å². The molecule has 3 aliphatic rings. The molecule has 6 heteroatoms. The van der Waals surface area contributed by atoms with Gasteiger partial charge in [-0.05, 0) is 61.3 Å². The van der Waals surface area contributed by atoms with Gasteiger partial charge < -0.3 is 9.47 Å². The predicted molar refractivity (Wildman–Crippen MR) is 104 cm³/mol. The minimum Gasteiger partial charge on any atom is -0.480 e. The molecule has 0 aromatic heterocycles. The largest absolute Gasteiger partial charge is 0.480 e. The summed E-state index contributed by atoms with van der Waals surface area (Å²) >= 11 is 13.1. The summed E-state index contributed by atoms with van der Waals surface area (Å²) in [5.74, 6) is 0.936. The number of rotatable bonds is 5. The molecule has 3 aliphatic carbocycles. The molecule has 0 bridgehead atoms. The number of ether oxygens (including phenoxy) is 2. The second-order valence-electron chi connectivity index (χ2n) is 7.75. The van der Waals surface area contributed by atoms with Gasteiger partial charge in [-0.3, -0.25) is 4.79 Å². The van der Waals surface area contributed by atoms with E-state index in [4.69, 9.17) is 32.7 Å². The second-order valence-corrected chi connectivity index (χ2v) is 8.51. The summed E-state index contributed by atoms with van der Waals surface area (Å²) in [6.45, 7) is 3.99. The van der Waals surface area contributed by atoms with E-state index in [2.05, 4.69) is 6.92 Å². The van der Waals surface area contributed by atoms with Crippen LogP contribution in [0.1, 0.15) is 44.2 Å². The number of allylic oxidation sites excluding steroid dienone is 2. The van der Waals surface area contributed by atoms with Crippen LogP contribution in [0.3, 0.4) is 0 Å². The van der Waals surface area contributed by atoms with Gasteiger partial charge in [-0.2, -0.15) is 0 Å². The summed E-state index contributed by atoms with van der Waals surface area (Å²) in [5.41, 5.74) is 2.94. The van der Waals surface area contributed by atoms with E-state index in [9.17, 15) is 9.59 Å². The Bertz CT molecular complexity index is 856. The molecule has 2 unspecified atom stereocenters. The van der Waals surface area contributed by atoms with Gasteiger partial charge in [-0.1, -0.05) is 30.1 Å². The van der Waals surface area contributed by atoms with Crippen LogP contribution in [0.5, 0.6) is 5.75 Å². The van der Waals surface area contributed by atoms with Crippen LogP contribution in [0.4, 0.5) is 0 Å². The molecule has 2 atom stereocenters. The number of carbonyl (C=O) groups is 2. The van der Waals surface area contributed by atoms with Gasteiger partial charge in [0.2, 0.25) is 0 Å². The first kappa shape index (κ1) is 18.8. The maximum Gasteiger partial charge on any atom is 0.344 e. The van der Waals surface area contributed by atoms with E-state index in [0.717, 1.165) is 23.1 Å². The molecule has 0 radical (unpaired) electrons. The summed E-state index contributed by atoms with van der Waals surface area (Å²) in [6.07, 6.45) is 5.56. The van der Waals surface area contributed by atoms with Crippen molar-refractivity contribution in [3.05, 3.63) is 33.3 Å². The van der Waals surface area contributed by atoms with Gasteiger partial charge in [0, 0.05) is 17.4 Å². The van der Waals surface area contributed by atoms with Crippen LogP contribution in [0.2, 0.25) is 10.0 Å². The molecule has 1 aromatic rings. The van der Waals surface area contributed by atoms with Crippen molar-refractivity contribution in [2.45, 2.75) is 39.5 Å². The molecule has 1 saturated carbocycles. The molecule has 0 heterocycles. The molecule has 0 amide bonds. The van der Waals surface area contributed by atoms with Crippen LogP contribution >= 0.6 is 23.2 Å². The van der Waals surface area contributed by atoms with Gasteiger partial charge in [0.15, 0.2) is 12.4 Å². The summed E-state index contributed by atoms with van der Waals surface area (Å²) < 4.78 is 10.5. The maximum atomic E-state index is 12.3. The lowest BCUT2D eigenvalue weighted by Crippen LogP contribution is -2.36. The Hall–Kier alpha value is -1.52. The summed E-state index contributed by atoms with van der Waals surface area (Å²) in [6, 6.07) is 1.88. The third-order valence-corrected chi connectivity index (χ3v) is 7.01. The monoisotopic (exact) mass is 408 g/mol. The SMILES string of the molecule is CCOC(=O)COc1cc2c(c(Cl)c1Cl)C1=CC(=O)CC(C)C1(C1CC1)C2.